The Kier molecular flexibility index (Phi) is 9.13. The summed E-state index contributed by atoms with van der Waals surface area (Å²) in [6.07, 6.45) is -6.24. The molecular formula is C20H18F6N6O3. The Balaban J connectivity index is 0.00000210. The first-order valence-electron chi connectivity index (χ1n) is 9.75. The largest absolute Gasteiger partial charge is 0.573 e. The molecule has 3 aromatic rings. The molecule has 0 radical (unpaired) electrons. The Bertz CT molecular complexity index is 1110. The van der Waals surface area contributed by atoms with Crippen molar-refractivity contribution in [2.24, 2.45) is 0 Å². The van der Waals surface area contributed by atoms with Crippen molar-refractivity contribution in [2.75, 3.05) is 17.2 Å². The van der Waals surface area contributed by atoms with Gasteiger partial charge in [-0.25, -0.2) is 15.0 Å². The quantitative estimate of drug-likeness (QED) is 0.426. The monoisotopic (exact) mass is 504 g/mol. The van der Waals surface area contributed by atoms with Crippen molar-refractivity contribution >= 4 is 23.2 Å². The number of benzene rings is 1. The van der Waals surface area contributed by atoms with E-state index in [1.807, 2.05) is 13.8 Å². The van der Waals surface area contributed by atoms with E-state index in [0.29, 0.717) is 5.69 Å². The molecule has 0 aliphatic heterocycles. The van der Waals surface area contributed by atoms with Crippen LogP contribution in [0.4, 0.5) is 43.7 Å². The molecule has 0 unspecified atom stereocenters. The standard InChI is InChI=1S/C18H12F6N6O3.C2H6/c19-17(20,21)8-32-15-13(7-25-9-27-15)29-14(31)12-5-6-26-16(30-12)28-10-1-3-11(4-2-10)33-18(22,23)24;1-2/h1-7,9H,8H2,(H,29,31)(H,26,28,30);1-2H3. The van der Waals surface area contributed by atoms with Crippen LogP contribution in [-0.2, 0) is 0 Å². The van der Waals surface area contributed by atoms with Gasteiger partial charge < -0.3 is 20.1 Å². The van der Waals surface area contributed by atoms with Gasteiger partial charge in [-0.3, -0.25) is 4.79 Å². The number of hydrogen-bond donors (Lipinski definition) is 2. The minimum atomic E-state index is -4.83. The molecule has 0 atom stereocenters. The molecule has 0 fully saturated rings. The van der Waals surface area contributed by atoms with Gasteiger partial charge in [0.15, 0.2) is 6.61 Å². The number of rotatable bonds is 7. The van der Waals surface area contributed by atoms with Crippen LogP contribution >= 0.6 is 0 Å². The van der Waals surface area contributed by atoms with Crippen LogP contribution in [-0.4, -0.2) is 45.0 Å². The Morgan fingerprint density at radius 3 is 2.31 bits per heavy atom. The van der Waals surface area contributed by atoms with Crippen molar-refractivity contribution in [3.63, 3.8) is 0 Å². The Morgan fingerprint density at radius 2 is 1.69 bits per heavy atom. The summed E-state index contributed by atoms with van der Waals surface area (Å²) in [5.41, 5.74) is -0.114. The molecule has 35 heavy (non-hydrogen) atoms. The van der Waals surface area contributed by atoms with Crippen molar-refractivity contribution in [1.29, 1.82) is 0 Å². The van der Waals surface area contributed by atoms with Gasteiger partial charge in [0.2, 0.25) is 11.8 Å². The van der Waals surface area contributed by atoms with Gasteiger partial charge in [0.25, 0.3) is 5.91 Å². The molecule has 0 aliphatic rings. The molecule has 1 aromatic carbocycles. The highest BCUT2D eigenvalue weighted by molar-refractivity contribution is 6.03. The third-order valence-corrected chi connectivity index (χ3v) is 3.53. The van der Waals surface area contributed by atoms with Gasteiger partial charge in [-0.2, -0.15) is 18.2 Å². The van der Waals surface area contributed by atoms with Crippen LogP contribution in [0.15, 0.2) is 49.1 Å². The summed E-state index contributed by atoms with van der Waals surface area (Å²) in [5.74, 6) is -1.84. The van der Waals surface area contributed by atoms with E-state index in [-0.39, 0.29) is 17.3 Å². The first-order chi connectivity index (χ1) is 16.5. The number of alkyl halides is 6. The molecule has 3 rings (SSSR count). The molecule has 9 nitrogen and oxygen atoms in total. The summed E-state index contributed by atoms with van der Waals surface area (Å²) >= 11 is 0. The highest BCUT2D eigenvalue weighted by Gasteiger charge is 2.31. The van der Waals surface area contributed by atoms with E-state index in [2.05, 4.69) is 40.0 Å². The van der Waals surface area contributed by atoms with Crippen molar-refractivity contribution in [1.82, 2.24) is 19.9 Å². The maximum absolute atomic E-state index is 12.5. The lowest BCUT2D eigenvalue weighted by atomic mass is 10.3. The lowest BCUT2D eigenvalue weighted by Gasteiger charge is -2.12. The van der Waals surface area contributed by atoms with Gasteiger partial charge in [-0.15, -0.1) is 13.2 Å². The Morgan fingerprint density at radius 1 is 1.00 bits per heavy atom. The number of halogens is 6. The van der Waals surface area contributed by atoms with Gasteiger partial charge in [0.1, 0.15) is 23.5 Å². The van der Waals surface area contributed by atoms with Crippen LogP contribution < -0.4 is 20.1 Å². The van der Waals surface area contributed by atoms with Crippen LogP contribution in [0.2, 0.25) is 0 Å². The first-order valence-corrected chi connectivity index (χ1v) is 9.75. The van der Waals surface area contributed by atoms with Crippen molar-refractivity contribution in [3.8, 4) is 11.6 Å². The Labute approximate surface area is 194 Å². The van der Waals surface area contributed by atoms with Crippen LogP contribution in [0.3, 0.4) is 0 Å². The summed E-state index contributed by atoms with van der Waals surface area (Å²) in [4.78, 5) is 27.5. The van der Waals surface area contributed by atoms with Gasteiger partial charge >= 0.3 is 12.5 Å². The SMILES string of the molecule is CC.O=C(Nc1cncnc1OCC(F)(F)F)c1ccnc(Nc2ccc(OC(F)(F)F)cc2)n1. The van der Waals surface area contributed by atoms with Gasteiger partial charge in [-0.1, -0.05) is 13.8 Å². The summed E-state index contributed by atoms with van der Waals surface area (Å²) in [5, 5.41) is 4.97. The fourth-order valence-electron chi connectivity index (χ4n) is 2.27. The highest BCUT2D eigenvalue weighted by atomic mass is 19.4. The number of carbonyl (C=O) groups is 1. The van der Waals surface area contributed by atoms with Gasteiger partial charge in [-0.05, 0) is 30.3 Å². The van der Waals surface area contributed by atoms with E-state index in [9.17, 15) is 31.1 Å². The van der Waals surface area contributed by atoms with E-state index in [0.717, 1.165) is 24.7 Å². The average Bonchev–Trinajstić information content (AvgIpc) is 2.80. The molecule has 2 N–H and O–H groups in total. The fourth-order valence-corrected chi connectivity index (χ4v) is 2.27. The number of carbonyl (C=O) groups excluding carboxylic acids is 1. The third kappa shape index (κ3) is 9.30. The number of anilines is 3. The second kappa shape index (κ2) is 11.8. The smallest absolute Gasteiger partial charge is 0.466 e. The van der Waals surface area contributed by atoms with E-state index < -0.39 is 36.7 Å². The summed E-state index contributed by atoms with van der Waals surface area (Å²) in [7, 11) is 0. The van der Waals surface area contributed by atoms with Crippen molar-refractivity contribution in [2.45, 2.75) is 26.4 Å². The van der Waals surface area contributed by atoms with E-state index in [1.54, 1.807) is 0 Å². The molecule has 0 spiro atoms. The molecule has 0 saturated heterocycles. The lowest BCUT2D eigenvalue weighted by molar-refractivity contribution is -0.274. The number of ether oxygens (including phenoxy) is 2. The second-order valence-electron chi connectivity index (χ2n) is 6.06. The van der Waals surface area contributed by atoms with Crippen molar-refractivity contribution in [3.05, 3.63) is 54.7 Å². The maximum atomic E-state index is 12.5. The molecule has 2 heterocycles. The van der Waals surface area contributed by atoms with E-state index in [4.69, 9.17) is 0 Å². The molecule has 0 aliphatic carbocycles. The zero-order valence-corrected chi connectivity index (χ0v) is 18.1. The normalized spacial score (nSPS) is 11.1. The van der Waals surface area contributed by atoms with E-state index >= 15 is 0 Å². The number of aromatic nitrogens is 4. The third-order valence-electron chi connectivity index (χ3n) is 3.53. The summed E-state index contributed by atoms with van der Waals surface area (Å²) < 4.78 is 82.1. The molecule has 0 saturated carbocycles. The molecule has 0 bridgehead atoms. The second-order valence-corrected chi connectivity index (χ2v) is 6.06. The molecule has 2 aromatic heterocycles. The van der Waals surface area contributed by atoms with Crippen molar-refractivity contribution < 1.29 is 40.6 Å². The molecule has 188 valence electrons. The van der Waals surface area contributed by atoms with Crippen LogP contribution in [0, 0.1) is 0 Å². The van der Waals surface area contributed by atoms with Crippen LogP contribution in [0.1, 0.15) is 24.3 Å². The zero-order valence-electron chi connectivity index (χ0n) is 18.1. The average molecular weight is 504 g/mol. The predicted octanol–water partition coefficient (Wildman–Crippen LogP) is 5.13. The number of hydrogen-bond acceptors (Lipinski definition) is 8. The fraction of sp³-hybridized carbons (Fsp3) is 0.250. The Hall–Kier alpha value is -4.17. The number of amides is 1. The minimum absolute atomic E-state index is 0.0787. The van der Waals surface area contributed by atoms with Crippen LogP contribution in [0.25, 0.3) is 0 Å². The summed E-state index contributed by atoms with van der Waals surface area (Å²) in [6.45, 7) is 2.38. The number of nitrogens with zero attached hydrogens (tertiary/aromatic N) is 4. The maximum Gasteiger partial charge on any atom is 0.573 e. The van der Waals surface area contributed by atoms with Crippen LogP contribution in [0.5, 0.6) is 11.6 Å². The topological polar surface area (TPSA) is 111 Å². The van der Waals surface area contributed by atoms with E-state index in [1.165, 1.54) is 24.4 Å². The molecular weight excluding hydrogens is 486 g/mol. The molecule has 1 amide bonds. The minimum Gasteiger partial charge on any atom is -0.466 e. The lowest BCUT2D eigenvalue weighted by Crippen LogP contribution is -2.21. The van der Waals surface area contributed by atoms with Gasteiger partial charge in [0, 0.05) is 11.9 Å². The predicted molar refractivity (Wildman–Crippen MR) is 111 cm³/mol. The summed E-state index contributed by atoms with van der Waals surface area (Å²) in [6, 6.07) is 5.88. The number of nitrogens with one attached hydrogen (secondary N) is 2. The first kappa shape index (κ1) is 27.1. The molecule has 15 heteroatoms. The van der Waals surface area contributed by atoms with Gasteiger partial charge in [0.05, 0.1) is 6.20 Å². The highest BCUT2D eigenvalue weighted by Crippen LogP contribution is 2.25. The zero-order chi connectivity index (χ0) is 26.1.